The van der Waals surface area contributed by atoms with Crippen molar-refractivity contribution in [1.29, 1.82) is 0 Å². The Morgan fingerprint density at radius 2 is 2.38 bits per heavy atom. The van der Waals surface area contributed by atoms with Gasteiger partial charge in [-0.2, -0.15) is 0 Å². The van der Waals surface area contributed by atoms with E-state index in [4.69, 9.17) is 0 Å². The molecule has 2 atom stereocenters. The highest BCUT2D eigenvalue weighted by Crippen LogP contribution is 2.27. The first-order valence-electron chi connectivity index (χ1n) is 6.80. The van der Waals surface area contributed by atoms with Gasteiger partial charge in [-0.05, 0) is 11.4 Å². The molecule has 0 bridgehead atoms. The number of methoxy groups -OCH3 is 1. The van der Waals surface area contributed by atoms with Crippen LogP contribution in [-0.4, -0.2) is 49.3 Å². The normalized spacial score (nSPS) is 22.9. The lowest BCUT2D eigenvalue weighted by Gasteiger charge is -2.20. The van der Waals surface area contributed by atoms with Crippen LogP contribution in [-0.2, 0) is 9.53 Å². The van der Waals surface area contributed by atoms with E-state index in [-0.39, 0.29) is 31.5 Å². The van der Waals surface area contributed by atoms with Crippen LogP contribution in [0, 0.1) is 0 Å². The van der Waals surface area contributed by atoms with Gasteiger partial charge in [-0.15, -0.1) is 11.3 Å². The van der Waals surface area contributed by atoms with Gasteiger partial charge in [-0.25, -0.2) is 14.0 Å². The summed E-state index contributed by atoms with van der Waals surface area (Å²) in [5.74, 6) is -0.711. The first-order chi connectivity index (χ1) is 9.96. The van der Waals surface area contributed by atoms with Crippen LogP contribution in [0.1, 0.15) is 24.1 Å². The molecule has 1 saturated heterocycles. The second kappa shape index (κ2) is 6.43. The number of likely N-dealkylation sites (tertiary alicyclic amines) is 1. The van der Waals surface area contributed by atoms with Crippen LogP contribution in [0.5, 0.6) is 0 Å². The summed E-state index contributed by atoms with van der Waals surface area (Å²) in [4.78, 5) is 25.9. The lowest BCUT2D eigenvalue weighted by Crippen LogP contribution is -2.44. The highest BCUT2D eigenvalue weighted by Gasteiger charge is 2.47. The van der Waals surface area contributed by atoms with Gasteiger partial charge >= 0.3 is 12.0 Å². The van der Waals surface area contributed by atoms with Crippen molar-refractivity contribution >= 4 is 23.3 Å². The fourth-order valence-electron chi connectivity index (χ4n) is 2.32. The number of rotatable bonds is 4. The maximum absolute atomic E-state index is 14.2. The van der Waals surface area contributed by atoms with Crippen molar-refractivity contribution in [3.8, 4) is 0 Å². The number of halogens is 1. The molecule has 2 amide bonds. The summed E-state index contributed by atoms with van der Waals surface area (Å²) in [7, 11) is 1.15. The van der Waals surface area contributed by atoms with Gasteiger partial charge in [0.25, 0.3) is 0 Å². The summed E-state index contributed by atoms with van der Waals surface area (Å²) in [5, 5.41) is 4.77. The minimum absolute atomic E-state index is 0.0203. The second-order valence-corrected chi connectivity index (χ2v) is 6.21. The summed E-state index contributed by atoms with van der Waals surface area (Å²) in [6, 6.07) is 3.63. The highest BCUT2D eigenvalue weighted by atomic mass is 32.1. The molecule has 0 spiro atoms. The lowest BCUT2D eigenvalue weighted by molar-refractivity contribution is -0.153. The van der Waals surface area contributed by atoms with Crippen LogP contribution in [0.15, 0.2) is 17.5 Å². The summed E-state index contributed by atoms with van der Waals surface area (Å²) >= 11 is 1.64. The van der Waals surface area contributed by atoms with Gasteiger partial charge in [-0.3, -0.25) is 0 Å². The number of urea groups is 1. The van der Waals surface area contributed by atoms with Crippen molar-refractivity contribution in [2.24, 2.45) is 0 Å². The van der Waals surface area contributed by atoms with Gasteiger partial charge < -0.3 is 15.0 Å². The minimum Gasteiger partial charge on any atom is -0.467 e. The third-order valence-electron chi connectivity index (χ3n) is 3.65. The first-order valence-corrected chi connectivity index (χ1v) is 7.68. The van der Waals surface area contributed by atoms with E-state index in [0.29, 0.717) is 6.54 Å². The van der Waals surface area contributed by atoms with Crippen LogP contribution < -0.4 is 5.32 Å². The zero-order chi connectivity index (χ0) is 15.5. The van der Waals surface area contributed by atoms with Gasteiger partial charge in [0, 0.05) is 30.3 Å². The molecule has 1 fully saturated rings. The van der Waals surface area contributed by atoms with Crippen molar-refractivity contribution in [1.82, 2.24) is 10.2 Å². The SMILES string of the molecule is COC(=O)[C@@]1(F)CCN(C(=O)NC[C@H](C)c2cccs2)C1. The Kier molecular flexibility index (Phi) is 4.82. The quantitative estimate of drug-likeness (QED) is 0.866. The molecule has 7 heteroatoms. The van der Waals surface area contributed by atoms with Crippen LogP contribution in [0.2, 0.25) is 0 Å². The predicted molar refractivity (Wildman–Crippen MR) is 78.2 cm³/mol. The van der Waals surface area contributed by atoms with Gasteiger partial charge in [-0.1, -0.05) is 13.0 Å². The molecule has 116 valence electrons. The summed E-state index contributed by atoms with van der Waals surface area (Å²) < 4.78 is 18.7. The molecule has 0 radical (unpaired) electrons. The Morgan fingerprint density at radius 1 is 1.62 bits per heavy atom. The van der Waals surface area contributed by atoms with E-state index < -0.39 is 11.6 Å². The van der Waals surface area contributed by atoms with Crippen LogP contribution in [0.4, 0.5) is 9.18 Å². The van der Waals surface area contributed by atoms with Gasteiger partial charge in [0.2, 0.25) is 5.67 Å². The molecule has 1 aliphatic heterocycles. The Morgan fingerprint density at radius 3 is 3.00 bits per heavy atom. The third-order valence-corrected chi connectivity index (χ3v) is 4.75. The fourth-order valence-corrected chi connectivity index (χ4v) is 3.11. The van der Waals surface area contributed by atoms with Crippen molar-refractivity contribution in [3.05, 3.63) is 22.4 Å². The molecule has 0 aliphatic carbocycles. The molecule has 2 heterocycles. The molecular weight excluding hydrogens is 295 g/mol. The van der Waals surface area contributed by atoms with E-state index in [2.05, 4.69) is 10.1 Å². The number of ether oxygens (including phenoxy) is 1. The average Bonchev–Trinajstić information content (AvgIpc) is 3.13. The van der Waals surface area contributed by atoms with E-state index in [1.807, 2.05) is 24.4 Å². The molecule has 0 aromatic carbocycles. The Bertz CT molecular complexity index is 508. The molecule has 5 nitrogen and oxygen atoms in total. The zero-order valence-corrected chi connectivity index (χ0v) is 12.9. The van der Waals surface area contributed by atoms with Crippen molar-refractivity contribution in [2.45, 2.75) is 24.9 Å². The fraction of sp³-hybridized carbons (Fsp3) is 0.571. The number of carbonyl (C=O) groups excluding carboxylic acids is 2. The number of nitrogens with one attached hydrogen (secondary N) is 1. The Labute approximate surface area is 127 Å². The van der Waals surface area contributed by atoms with Crippen molar-refractivity contribution in [3.63, 3.8) is 0 Å². The molecule has 1 aromatic heterocycles. The maximum Gasteiger partial charge on any atom is 0.345 e. The topological polar surface area (TPSA) is 58.6 Å². The Balaban J connectivity index is 1.84. The molecule has 0 unspecified atom stereocenters. The smallest absolute Gasteiger partial charge is 0.345 e. The summed E-state index contributed by atoms with van der Waals surface area (Å²) in [5.41, 5.74) is -2.08. The van der Waals surface area contributed by atoms with E-state index in [1.165, 1.54) is 9.78 Å². The number of thiophene rings is 1. The van der Waals surface area contributed by atoms with Gasteiger partial charge in [0.15, 0.2) is 0 Å². The number of hydrogen-bond acceptors (Lipinski definition) is 4. The van der Waals surface area contributed by atoms with Gasteiger partial charge in [0.05, 0.1) is 13.7 Å². The average molecular weight is 314 g/mol. The minimum atomic E-state index is -2.08. The second-order valence-electron chi connectivity index (χ2n) is 5.23. The number of amides is 2. The molecule has 0 saturated carbocycles. The number of esters is 1. The van der Waals surface area contributed by atoms with E-state index in [0.717, 1.165) is 7.11 Å². The third kappa shape index (κ3) is 3.53. The maximum atomic E-state index is 14.2. The highest BCUT2D eigenvalue weighted by molar-refractivity contribution is 7.10. The van der Waals surface area contributed by atoms with Crippen LogP contribution >= 0.6 is 11.3 Å². The van der Waals surface area contributed by atoms with Crippen molar-refractivity contribution < 1.29 is 18.7 Å². The van der Waals surface area contributed by atoms with Crippen LogP contribution in [0.25, 0.3) is 0 Å². The standard InChI is InChI=1S/C14H19FN2O3S/c1-10(11-4-3-7-21-11)8-16-13(19)17-6-5-14(15,9-17)12(18)20-2/h3-4,7,10H,5-6,8-9H2,1-2H3,(H,16,19)/t10-,14+/m0/s1. The van der Waals surface area contributed by atoms with E-state index in [1.54, 1.807) is 11.3 Å². The van der Waals surface area contributed by atoms with Crippen LogP contribution in [0.3, 0.4) is 0 Å². The van der Waals surface area contributed by atoms with E-state index >= 15 is 0 Å². The predicted octanol–water partition coefficient (Wildman–Crippen LogP) is 2.15. The Hall–Kier alpha value is -1.63. The largest absolute Gasteiger partial charge is 0.467 e. The van der Waals surface area contributed by atoms with E-state index in [9.17, 15) is 14.0 Å². The number of nitrogens with zero attached hydrogens (tertiary/aromatic N) is 1. The summed E-state index contributed by atoms with van der Waals surface area (Å²) in [6.07, 6.45) is -0.0203. The number of alkyl halides is 1. The molecule has 1 N–H and O–H groups in total. The van der Waals surface area contributed by atoms with Crippen molar-refractivity contribution in [2.75, 3.05) is 26.7 Å². The molecule has 1 aliphatic rings. The number of hydrogen-bond donors (Lipinski definition) is 1. The first kappa shape index (κ1) is 15.8. The molecule has 2 rings (SSSR count). The number of carbonyl (C=O) groups is 2. The lowest BCUT2D eigenvalue weighted by atomic mass is 10.1. The zero-order valence-electron chi connectivity index (χ0n) is 12.1. The molecule has 1 aromatic rings. The van der Waals surface area contributed by atoms with Gasteiger partial charge in [0.1, 0.15) is 0 Å². The molecular formula is C14H19FN2O3S. The monoisotopic (exact) mass is 314 g/mol. The summed E-state index contributed by atoms with van der Waals surface area (Å²) in [6.45, 7) is 2.46. The molecule has 21 heavy (non-hydrogen) atoms.